The highest BCUT2D eigenvalue weighted by molar-refractivity contribution is 9.10. The van der Waals surface area contributed by atoms with E-state index in [1.54, 1.807) is 30.3 Å². The van der Waals surface area contributed by atoms with Gasteiger partial charge in [0.2, 0.25) is 0 Å². The molecular formula is C24H18BrF6NO. The van der Waals surface area contributed by atoms with Crippen LogP contribution in [0.4, 0.5) is 26.3 Å². The number of alkyl halides is 6. The van der Waals surface area contributed by atoms with E-state index in [0.717, 1.165) is 4.47 Å². The summed E-state index contributed by atoms with van der Waals surface area (Å²) in [7, 11) is 0. The monoisotopic (exact) mass is 529 g/mol. The Balaban J connectivity index is 2.06. The maximum absolute atomic E-state index is 13.5. The lowest BCUT2D eigenvalue weighted by Crippen LogP contribution is -2.28. The number of hydrogen-bond donors (Lipinski definition) is 0. The zero-order valence-electron chi connectivity index (χ0n) is 17.5. The molecule has 0 fully saturated rings. The summed E-state index contributed by atoms with van der Waals surface area (Å²) >= 11 is 3.31. The summed E-state index contributed by atoms with van der Waals surface area (Å²) in [6.07, 6.45) is -9.39. The van der Waals surface area contributed by atoms with Crippen LogP contribution in [0.3, 0.4) is 0 Å². The minimum Gasteiger partial charge on any atom is -0.313 e. The van der Waals surface area contributed by atoms with Crippen LogP contribution in [-0.2, 0) is 18.8 Å². The Kier molecular flexibility index (Phi) is 5.54. The van der Waals surface area contributed by atoms with Crippen LogP contribution in [-0.4, -0.2) is 10.4 Å². The minimum absolute atomic E-state index is 0.105. The number of aromatic nitrogens is 1. The summed E-state index contributed by atoms with van der Waals surface area (Å²) in [6.45, 7) is 3.69. The smallest absolute Gasteiger partial charge is 0.313 e. The first-order chi connectivity index (χ1) is 15.2. The van der Waals surface area contributed by atoms with Crippen molar-refractivity contribution >= 4 is 21.7 Å². The molecule has 0 amide bonds. The highest BCUT2D eigenvalue weighted by Gasteiger charge is 2.39. The van der Waals surface area contributed by atoms with Crippen LogP contribution in [0.1, 0.15) is 47.4 Å². The van der Waals surface area contributed by atoms with Crippen LogP contribution < -0.4 is 0 Å². The number of Topliss-reactive ketones (excluding diaryl/α,β-unsaturated/α-hetero) is 1. The number of ketones is 1. The Morgan fingerprint density at radius 1 is 0.848 bits per heavy atom. The second kappa shape index (κ2) is 7.75. The van der Waals surface area contributed by atoms with Gasteiger partial charge in [-0.1, -0.05) is 41.9 Å². The molecule has 0 aliphatic heterocycles. The maximum atomic E-state index is 13.5. The predicted octanol–water partition coefficient (Wildman–Crippen LogP) is 8.10. The number of benzene rings is 2. The van der Waals surface area contributed by atoms with Crippen molar-refractivity contribution in [2.45, 2.75) is 39.0 Å². The van der Waals surface area contributed by atoms with Gasteiger partial charge in [0.05, 0.1) is 16.8 Å². The zero-order chi connectivity index (χ0) is 24.3. The van der Waals surface area contributed by atoms with E-state index in [1.807, 2.05) is 13.8 Å². The van der Waals surface area contributed by atoms with E-state index in [4.69, 9.17) is 0 Å². The highest BCUT2D eigenvalue weighted by Crippen LogP contribution is 2.43. The van der Waals surface area contributed by atoms with Gasteiger partial charge in [0.25, 0.3) is 0 Å². The molecule has 1 aliphatic rings. The molecule has 0 atom stereocenters. The lowest BCUT2D eigenvalue weighted by molar-refractivity contribution is -0.143. The Morgan fingerprint density at radius 3 is 1.91 bits per heavy atom. The largest absolute Gasteiger partial charge is 0.416 e. The van der Waals surface area contributed by atoms with Crippen molar-refractivity contribution in [2.24, 2.45) is 5.41 Å². The molecule has 1 heterocycles. The Morgan fingerprint density at radius 2 is 1.39 bits per heavy atom. The second-order valence-electron chi connectivity index (χ2n) is 8.94. The first-order valence-corrected chi connectivity index (χ1v) is 10.8. The maximum Gasteiger partial charge on any atom is 0.416 e. The van der Waals surface area contributed by atoms with Gasteiger partial charge in [-0.3, -0.25) is 4.79 Å². The van der Waals surface area contributed by atoms with Gasteiger partial charge in [-0.15, -0.1) is 0 Å². The van der Waals surface area contributed by atoms with Crippen LogP contribution >= 0.6 is 15.9 Å². The Bertz CT molecular complexity index is 1200. The summed E-state index contributed by atoms with van der Waals surface area (Å²) in [6, 6.07) is 9.87. The van der Waals surface area contributed by atoms with Crippen molar-refractivity contribution in [1.82, 2.24) is 4.57 Å². The third kappa shape index (κ3) is 4.60. The van der Waals surface area contributed by atoms with Crippen LogP contribution in [0, 0.1) is 5.41 Å². The third-order valence-corrected chi connectivity index (χ3v) is 6.19. The van der Waals surface area contributed by atoms with E-state index in [-0.39, 0.29) is 24.0 Å². The summed E-state index contributed by atoms with van der Waals surface area (Å²) in [5, 5.41) is 0. The normalized spacial score (nSPS) is 16.1. The summed E-state index contributed by atoms with van der Waals surface area (Å²) in [4.78, 5) is 12.9. The zero-order valence-corrected chi connectivity index (χ0v) is 19.1. The first-order valence-electron chi connectivity index (χ1n) is 9.99. The van der Waals surface area contributed by atoms with E-state index >= 15 is 0 Å². The van der Waals surface area contributed by atoms with E-state index in [2.05, 4.69) is 15.9 Å². The molecule has 0 saturated carbocycles. The van der Waals surface area contributed by atoms with Crippen LogP contribution in [0.2, 0.25) is 0 Å². The fraction of sp³-hybridized carbons (Fsp3) is 0.292. The van der Waals surface area contributed by atoms with Crippen LogP contribution in [0.15, 0.2) is 53.0 Å². The summed E-state index contributed by atoms with van der Waals surface area (Å²) < 4.78 is 83.3. The molecule has 174 valence electrons. The van der Waals surface area contributed by atoms with E-state index < -0.39 is 28.9 Å². The van der Waals surface area contributed by atoms with Crippen LogP contribution in [0.25, 0.3) is 16.9 Å². The molecule has 1 aromatic heterocycles. The van der Waals surface area contributed by atoms with Crippen molar-refractivity contribution in [2.75, 3.05) is 0 Å². The van der Waals surface area contributed by atoms with Gasteiger partial charge >= 0.3 is 12.4 Å². The molecule has 0 spiro atoms. The third-order valence-electron chi connectivity index (χ3n) is 5.66. The molecule has 0 bridgehead atoms. The highest BCUT2D eigenvalue weighted by atomic mass is 79.9. The van der Waals surface area contributed by atoms with E-state index in [9.17, 15) is 31.1 Å². The van der Waals surface area contributed by atoms with Gasteiger partial charge in [-0.05, 0) is 53.8 Å². The molecule has 33 heavy (non-hydrogen) atoms. The van der Waals surface area contributed by atoms with Gasteiger partial charge in [0.1, 0.15) is 0 Å². The molecule has 1 aliphatic carbocycles. The number of carbonyl (C=O) groups excluding carboxylic acids is 1. The fourth-order valence-electron chi connectivity index (χ4n) is 4.21. The number of hydrogen-bond acceptors (Lipinski definition) is 1. The molecule has 0 radical (unpaired) electrons. The summed E-state index contributed by atoms with van der Waals surface area (Å²) in [5.41, 5.74) is -1.96. The van der Waals surface area contributed by atoms with Crippen molar-refractivity contribution in [3.8, 4) is 16.9 Å². The topological polar surface area (TPSA) is 22.0 Å². The second-order valence-corrected chi connectivity index (χ2v) is 9.85. The van der Waals surface area contributed by atoms with Gasteiger partial charge in [-0.25, -0.2) is 0 Å². The Hall–Kier alpha value is -2.55. The molecule has 0 N–H and O–H groups in total. The number of nitrogens with zero attached hydrogens (tertiary/aromatic N) is 1. The quantitative estimate of drug-likeness (QED) is 0.307. The van der Waals surface area contributed by atoms with Crippen LogP contribution in [0.5, 0.6) is 0 Å². The van der Waals surface area contributed by atoms with Gasteiger partial charge in [0.15, 0.2) is 5.78 Å². The number of rotatable bonds is 2. The van der Waals surface area contributed by atoms with Gasteiger partial charge < -0.3 is 4.57 Å². The standard InChI is InChI=1S/C24H18BrF6NO/c1-22(2)11-20-18(21(33)12-22)10-19(13-3-5-16(25)6-4-13)32(20)17-8-14(23(26,27)28)7-15(9-17)24(29,30)31/h3-10H,11-12H2,1-2H3. The van der Waals surface area contributed by atoms with E-state index in [1.165, 1.54) is 4.57 Å². The molecule has 3 aromatic rings. The molecule has 4 rings (SSSR count). The molecule has 0 unspecified atom stereocenters. The number of halogens is 7. The molecule has 2 aromatic carbocycles. The predicted molar refractivity (Wildman–Crippen MR) is 115 cm³/mol. The molecule has 2 nitrogen and oxygen atoms in total. The lowest BCUT2D eigenvalue weighted by atomic mass is 9.76. The SMILES string of the molecule is CC1(C)CC(=O)c2cc(-c3ccc(Br)cc3)n(-c3cc(C(F)(F)F)cc(C(F)(F)F)c3)c2C1. The molecule has 0 saturated heterocycles. The fourth-order valence-corrected chi connectivity index (χ4v) is 4.47. The lowest BCUT2D eigenvalue weighted by Gasteiger charge is -2.30. The van der Waals surface area contributed by atoms with E-state index in [0.29, 0.717) is 41.1 Å². The van der Waals surface area contributed by atoms with Crippen molar-refractivity contribution < 1.29 is 31.1 Å². The van der Waals surface area contributed by atoms with Crippen molar-refractivity contribution in [3.05, 3.63) is 75.4 Å². The average molecular weight is 530 g/mol. The average Bonchev–Trinajstić information content (AvgIpc) is 3.05. The van der Waals surface area contributed by atoms with Gasteiger partial charge in [0, 0.05) is 27.8 Å². The summed E-state index contributed by atoms with van der Waals surface area (Å²) in [5.74, 6) is -0.193. The van der Waals surface area contributed by atoms with Crippen molar-refractivity contribution in [3.63, 3.8) is 0 Å². The van der Waals surface area contributed by atoms with Crippen molar-refractivity contribution in [1.29, 1.82) is 0 Å². The minimum atomic E-state index is -4.98. The Labute approximate surface area is 194 Å². The number of carbonyl (C=O) groups is 1. The first kappa shape index (κ1) is 23.6. The molecule has 9 heteroatoms. The van der Waals surface area contributed by atoms with Gasteiger partial charge in [-0.2, -0.15) is 26.3 Å². The molecular weight excluding hydrogens is 512 g/mol. The number of fused-ring (bicyclic) bond motifs is 1.